The van der Waals surface area contributed by atoms with Crippen LogP contribution in [0, 0.1) is 6.92 Å². The van der Waals surface area contributed by atoms with Gasteiger partial charge in [0, 0.05) is 31.7 Å². The Kier molecular flexibility index (Phi) is 4.35. The van der Waals surface area contributed by atoms with Crippen LogP contribution in [-0.4, -0.2) is 24.5 Å². The summed E-state index contributed by atoms with van der Waals surface area (Å²) < 4.78 is 0. The van der Waals surface area contributed by atoms with Crippen molar-refractivity contribution in [2.75, 3.05) is 23.8 Å². The van der Waals surface area contributed by atoms with Crippen LogP contribution >= 0.6 is 0 Å². The highest BCUT2D eigenvalue weighted by Gasteiger charge is 2.17. The van der Waals surface area contributed by atoms with Crippen molar-refractivity contribution in [1.29, 1.82) is 0 Å². The molecule has 0 saturated carbocycles. The smallest absolute Gasteiger partial charge is 0.261 e. The number of aromatic nitrogens is 1. The average Bonchev–Trinajstić information content (AvgIpc) is 2.47. The second-order valence-corrected chi connectivity index (χ2v) is 4.65. The molecule has 20 heavy (non-hydrogen) atoms. The Morgan fingerprint density at radius 1 is 1.25 bits per heavy atom. The van der Waals surface area contributed by atoms with Crippen molar-refractivity contribution < 1.29 is 4.79 Å². The second kappa shape index (κ2) is 6.19. The van der Waals surface area contributed by atoms with E-state index in [1.165, 1.54) is 5.56 Å². The van der Waals surface area contributed by atoms with Crippen LogP contribution in [0.2, 0.25) is 0 Å². The standard InChI is InChI=1S/C16H19N3O/c1-4-18-15-9-10-17-11-14(15)16(20)19(3)13-7-5-12(2)6-8-13/h5-11H,4H2,1-3H3,(H,17,18). The Bertz CT molecular complexity index is 593. The fourth-order valence-corrected chi connectivity index (χ4v) is 1.98. The number of aryl methyl sites for hydroxylation is 1. The molecule has 0 aliphatic heterocycles. The summed E-state index contributed by atoms with van der Waals surface area (Å²) in [6.07, 6.45) is 3.28. The molecule has 2 aromatic rings. The number of hydrogen-bond acceptors (Lipinski definition) is 3. The van der Waals surface area contributed by atoms with Gasteiger partial charge in [-0.15, -0.1) is 0 Å². The van der Waals surface area contributed by atoms with Gasteiger partial charge in [-0.3, -0.25) is 9.78 Å². The van der Waals surface area contributed by atoms with Gasteiger partial charge in [0.25, 0.3) is 5.91 Å². The number of nitrogens with one attached hydrogen (secondary N) is 1. The van der Waals surface area contributed by atoms with Gasteiger partial charge in [-0.05, 0) is 32.0 Å². The zero-order valence-electron chi connectivity index (χ0n) is 12.1. The topological polar surface area (TPSA) is 45.2 Å². The number of rotatable bonds is 4. The summed E-state index contributed by atoms with van der Waals surface area (Å²) in [5.74, 6) is -0.0714. The van der Waals surface area contributed by atoms with Gasteiger partial charge in [0.05, 0.1) is 11.3 Å². The van der Waals surface area contributed by atoms with Crippen LogP contribution in [-0.2, 0) is 0 Å². The predicted octanol–water partition coefficient (Wildman–Crippen LogP) is 3.10. The number of amides is 1. The summed E-state index contributed by atoms with van der Waals surface area (Å²) in [6, 6.07) is 9.69. The lowest BCUT2D eigenvalue weighted by atomic mass is 10.1. The molecule has 0 atom stereocenters. The van der Waals surface area contributed by atoms with Crippen LogP contribution in [0.1, 0.15) is 22.8 Å². The molecule has 1 amide bonds. The molecule has 0 spiro atoms. The fraction of sp³-hybridized carbons (Fsp3) is 0.250. The monoisotopic (exact) mass is 269 g/mol. The number of carbonyl (C=O) groups is 1. The molecule has 0 aliphatic carbocycles. The van der Waals surface area contributed by atoms with E-state index in [1.807, 2.05) is 44.2 Å². The normalized spacial score (nSPS) is 10.2. The Morgan fingerprint density at radius 3 is 2.60 bits per heavy atom. The van der Waals surface area contributed by atoms with Crippen molar-refractivity contribution in [3.63, 3.8) is 0 Å². The van der Waals surface area contributed by atoms with Crippen LogP contribution in [0.4, 0.5) is 11.4 Å². The summed E-state index contributed by atoms with van der Waals surface area (Å²) in [4.78, 5) is 18.3. The first-order chi connectivity index (χ1) is 9.63. The van der Waals surface area contributed by atoms with Crippen molar-refractivity contribution in [2.24, 2.45) is 0 Å². The van der Waals surface area contributed by atoms with E-state index in [0.717, 1.165) is 17.9 Å². The quantitative estimate of drug-likeness (QED) is 0.927. The maximum Gasteiger partial charge on any atom is 0.261 e. The molecule has 104 valence electrons. The van der Waals surface area contributed by atoms with Gasteiger partial charge in [-0.1, -0.05) is 17.7 Å². The van der Waals surface area contributed by atoms with Crippen LogP contribution in [0.5, 0.6) is 0 Å². The summed E-state index contributed by atoms with van der Waals surface area (Å²) >= 11 is 0. The van der Waals surface area contributed by atoms with Crippen molar-refractivity contribution in [3.05, 3.63) is 53.9 Å². The van der Waals surface area contributed by atoms with Crippen molar-refractivity contribution >= 4 is 17.3 Å². The predicted molar refractivity (Wildman–Crippen MR) is 82.3 cm³/mol. The molecule has 4 heteroatoms. The third kappa shape index (κ3) is 2.96. The molecule has 0 radical (unpaired) electrons. The van der Waals surface area contributed by atoms with Gasteiger partial charge in [0.15, 0.2) is 0 Å². The van der Waals surface area contributed by atoms with Crippen LogP contribution in [0.25, 0.3) is 0 Å². The highest BCUT2D eigenvalue weighted by atomic mass is 16.2. The summed E-state index contributed by atoms with van der Waals surface area (Å²) in [5, 5.41) is 3.18. The lowest BCUT2D eigenvalue weighted by Gasteiger charge is -2.19. The maximum atomic E-state index is 12.6. The third-order valence-corrected chi connectivity index (χ3v) is 3.14. The van der Waals surface area contributed by atoms with Gasteiger partial charge < -0.3 is 10.2 Å². The maximum absolute atomic E-state index is 12.6. The first-order valence-corrected chi connectivity index (χ1v) is 6.66. The van der Waals surface area contributed by atoms with E-state index >= 15 is 0 Å². The molecule has 0 bridgehead atoms. The zero-order chi connectivity index (χ0) is 14.5. The highest BCUT2D eigenvalue weighted by Crippen LogP contribution is 2.20. The third-order valence-electron chi connectivity index (χ3n) is 3.14. The van der Waals surface area contributed by atoms with E-state index in [9.17, 15) is 4.79 Å². The first kappa shape index (κ1) is 14.1. The Balaban J connectivity index is 2.29. The molecule has 0 saturated heterocycles. The minimum Gasteiger partial charge on any atom is -0.385 e. The Hall–Kier alpha value is -2.36. The lowest BCUT2D eigenvalue weighted by molar-refractivity contribution is 0.0993. The molecule has 1 aromatic heterocycles. The van der Waals surface area contributed by atoms with Crippen molar-refractivity contribution in [3.8, 4) is 0 Å². The molecular formula is C16H19N3O. The Morgan fingerprint density at radius 2 is 1.95 bits per heavy atom. The molecule has 4 nitrogen and oxygen atoms in total. The number of hydrogen-bond donors (Lipinski definition) is 1. The van der Waals surface area contributed by atoms with E-state index in [-0.39, 0.29) is 5.91 Å². The summed E-state index contributed by atoms with van der Waals surface area (Å²) in [6.45, 7) is 4.78. The van der Waals surface area contributed by atoms with Crippen molar-refractivity contribution in [2.45, 2.75) is 13.8 Å². The minimum atomic E-state index is -0.0714. The average molecular weight is 269 g/mol. The van der Waals surface area contributed by atoms with Gasteiger partial charge in [0.1, 0.15) is 0 Å². The molecule has 0 aliphatic rings. The number of carbonyl (C=O) groups excluding carboxylic acids is 1. The highest BCUT2D eigenvalue weighted by molar-refractivity contribution is 6.09. The second-order valence-electron chi connectivity index (χ2n) is 4.65. The van der Waals surface area contributed by atoms with Gasteiger partial charge in [0.2, 0.25) is 0 Å². The molecule has 0 fully saturated rings. The number of nitrogens with zero attached hydrogens (tertiary/aromatic N) is 2. The van der Waals surface area contributed by atoms with Crippen LogP contribution < -0.4 is 10.2 Å². The van der Waals surface area contributed by atoms with Gasteiger partial charge >= 0.3 is 0 Å². The minimum absolute atomic E-state index is 0.0714. The van der Waals surface area contributed by atoms with E-state index in [0.29, 0.717) is 5.56 Å². The van der Waals surface area contributed by atoms with Gasteiger partial charge in [-0.2, -0.15) is 0 Å². The Labute approximate surface area is 119 Å². The molecule has 1 N–H and O–H groups in total. The largest absolute Gasteiger partial charge is 0.385 e. The zero-order valence-corrected chi connectivity index (χ0v) is 12.1. The molecule has 0 unspecified atom stereocenters. The van der Waals surface area contributed by atoms with E-state index in [4.69, 9.17) is 0 Å². The number of benzene rings is 1. The van der Waals surface area contributed by atoms with Crippen LogP contribution in [0.3, 0.4) is 0 Å². The van der Waals surface area contributed by atoms with Crippen LogP contribution in [0.15, 0.2) is 42.7 Å². The molecule has 1 aromatic carbocycles. The molecule has 2 rings (SSSR count). The summed E-state index contributed by atoms with van der Waals surface area (Å²) in [7, 11) is 1.77. The van der Waals surface area contributed by atoms with E-state index in [1.54, 1.807) is 24.3 Å². The van der Waals surface area contributed by atoms with Gasteiger partial charge in [-0.25, -0.2) is 0 Å². The fourth-order valence-electron chi connectivity index (χ4n) is 1.98. The first-order valence-electron chi connectivity index (χ1n) is 6.66. The number of anilines is 2. The van der Waals surface area contributed by atoms with E-state index < -0.39 is 0 Å². The lowest BCUT2D eigenvalue weighted by Crippen LogP contribution is -2.27. The SMILES string of the molecule is CCNc1ccncc1C(=O)N(C)c1ccc(C)cc1. The molecular weight excluding hydrogens is 250 g/mol. The number of pyridine rings is 1. The molecule has 1 heterocycles. The van der Waals surface area contributed by atoms with E-state index in [2.05, 4.69) is 10.3 Å². The van der Waals surface area contributed by atoms with Crippen molar-refractivity contribution in [1.82, 2.24) is 4.98 Å². The summed E-state index contributed by atoms with van der Waals surface area (Å²) in [5.41, 5.74) is 3.43.